The zero-order valence-electron chi connectivity index (χ0n) is 11.9. The van der Waals surface area contributed by atoms with Gasteiger partial charge in [-0.3, -0.25) is 0 Å². The Balaban J connectivity index is 1.86. The second kappa shape index (κ2) is 7.38. The molecular weight excluding hydrogens is 273 g/mol. The molecule has 0 saturated heterocycles. The lowest BCUT2D eigenvalue weighted by Gasteiger charge is -2.26. The van der Waals surface area contributed by atoms with Gasteiger partial charge in [0.1, 0.15) is 5.82 Å². The predicted molar refractivity (Wildman–Crippen MR) is 78.6 cm³/mol. The summed E-state index contributed by atoms with van der Waals surface area (Å²) in [7, 11) is 0. The topological polar surface area (TPSA) is 90.9 Å². The highest BCUT2D eigenvalue weighted by atomic mass is 19.1. The molecule has 5 nitrogen and oxygen atoms in total. The summed E-state index contributed by atoms with van der Waals surface area (Å²) in [5, 5.41) is 24.3. The number of oxime groups is 1. The Morgan fingerprint density at radius 3 is 2.90 bits per heavy atom. The maximum atomic E-state index is 13.9. The molecule has 0 spiro atoms. The number of hydrogen-bond donors (Lipinski definition) is 4. The van der Waals surface area contributed by atoms with Gasteiger partial charge in [-0.1, -0.05) is 23.7 Å². The normalized spacial score (nSPS) is 23.2. The summed E-state index contributed by atoms with van der Waals surface area (Å²) in [6, 6.07) is 4.52. The maximum absolute atomic E-state index is 13.9. The fourth-order valence-corrected chi connectivity index (χ4v) is 2.77. The molecule has 2 unspecified atom stereocenters. The van der Waals surface area contributed by atoms with Crippen molar-refractivity contribution in [3.05, 3.63) is 35.1 Å². The van der Waals surface area contributed by atoms with E-state index >= 15 is 0 Å². The van der Waals surface area contributed by atoms with Gasteiger partial charge in [0.25, 0.3) is 0 Å². The van der Waals surface area contributed by atoms with Crippen molar-refractivity contribution in [2.75, 3.05) is 6.54 Å². The van der Waals surface area contributed by atoms with Crippen LogP contribution in [-0.4, -0.2) is 28.8 Å². The predicted octanol–water partition coefficient (Wildman–Crippen LogP) is 1.56. The minimum absolute atomic E-state index is 0.107. The van der Waals surface area contributed by atoms with Crippen LogP contribution in [-0.2, 0) is 6.54 Å². The van der Waals surface area contributed by atoms with Crippen LogP contribution in [0.5, 0.6) is 0 Å². The van der Waals surface area contributed by atoms with Gasteiger partial charge >= 0.3 is 0 Å². The van der Waals surface area contributed by atoms with Crippen molar-refractivity contribution in [3.63, 3.8) is 0 Å². The van der Waals surface area contributed by atoms with Crippen LogP contribution in [0.15, 0.2) is 23.4 Å². The molecule has 1 aliphatic carbocycles. The third-order valence-electron chi connectivity index (χ3n) is 3.96. The Labute approximate surface area is 123 Å². The number of nitrogens with zero attached hydrogens (tertiary/aromatic N) is 1. The Morgan fingerprint density at radius 2 is 2.24 bits per heavy atom. The van der Waals surface area contributed by atoms with E-state index < -0.39 is 0 Å². The monoisotopic (exact) mass is 295 g/mol. The van der Waals surface area contributed by atoms with Gasteiger partial charge < -0.3 is 21.4 Å². The highest BCUT2D eigenvalue weighted by Crippen LogP contribution is 2.23. The van der Waals surface area contributed by atoms with Crippen molar-refractivity contribution in [1.29, 1.82) is 0 Å². The van der Waals surface area contributed by atoms with Gasteiger partial charge in [-0.15, -0.1) is 0 Å². The van der Waals surface area contributed by atoms with Crippen LogP contribution in [0.3, 0.4) is 0 Å². The van der Waals surface area contributed by atoms with Crippen molar-refractivity contribution in [2.24, 2.45) is 16.8 Å². The highest BCUT2D eigenvalue weighted by molar-refractivity contribution is 5.97. The lowest BCUT2D eigenvalue weighted by molar-refractivity contribution is 0.101. The molecule has 2 rings (SSSR count). The molecule has 1 saturated carbocycles. The van der Waals surface area contributed by atoms with Crippen LogP contribution >= 0.6 is 0 Å². The first-order valence-corrected chi connectivity index (χ1v) is 7.25. The maximum Gasteiger partial charge on any atom is 0.170 e. The summed E-state index contributed by atoms with van der Waals surface area (Å²) in [5.41, 5.74) is 6.32. The molecule has 0 aliphatic heterocycles. The van der Waals surface area contributed by atoms with Crippen LogP contribution in [0.2, 0.25) is 0 Å². The van der Waals surface area contributed by atoms with Crippen LogP contribution < -0.4 is 11.1 Å². The van der Waals surface area contributed by atoms with Gasteiger partial charge in [0, 0.05) is 17.7 Å². The summed E-state index contributed by atoms with van der Waals surface area (Å²) in [5.74, 6) is -0.0341. The van der Waals surface area contributed by atoms with Gasteiger partial charge in [-0.05, 0) is 37.8 Å². The van der Waals surface area contributed by atoms with E-state index in [-0.39, 0.29) is 17.8 Å². The van der Waals surface area contributed by atoms with E-state index in [1.54, 1.807) is 12.1 Å². The fourth-order valence-electron chi connectivity index (χ4n) is 2.77. The molecule has 0 heterocycles. The average molecular weight is 295 g/mol. The smallest absolute Gasteiger partial charge is 0.170 e. The van der Waals surface area contributed by atoms with Gasteiger partial charge in [-0.2, -0.15) is 0 Å². The first-order valence-electron chi connectivity index (χ1n) is 7.25. The Hall–Kier alpha value is -1.66. The van der Waals surface area contributed by atoms with Crippen LogP contribution in [0.1, 0.15) is 36.8 Å². The molecule has 6 heteroatoms. The lowest BCUT2D eigenvalue weighted by Crippen LogP contribution is -2.29. The summed E-state index contributed by atoms with van der Waals surface area (Å²) in [6.07, 6.45) is 3.67. The third-order valence-corrected chi connectivity index (χ3v) is 3.96. The first-order chi connectivity index (χ1) is 10.1. The average Bonchev–Trinajstić information content (AvgIpc) is 2.48. The van der Waals surface area contributed by atoms with E-state index in [2.05, 4.69) is 10.5 Å². The SMILES string of the molecule is N/C(=N/O)c1ccc(CNCC2CCCC(O)C2)c(F)c1. The highest BCUT2D eigenvalue weighted by Gasteiger charge is 2.19. The molecular formula is C15H22FN3O2. The molecule has 2 atom stereocenters. The van der Waals surface area contributed by atoms with Crippen molar-refractivity contribution < 1.29 is 14.7 Å². The van der Waals surface area contributed by atoms with E-state index in [4.69, 9.17) is 10.9 Å². The second-order valence-corrected chi connectivity index (χ2v) is 5.61. The number of hydrogen-bond acceptors (Lipinski definition) is 4. The molecule has 1 aromatic carbocycles. The van der Waals surface area contributed by atoms with Gasteiger partial charge in [-0.25, -0.2) is 4.39 Å². The number of aliphatic hydroxyl groups excluding tert-OH is 1. The molecule has 1 aromatic rings. The Bertz CT molecular complexity index is 508. The molecule has 1 aliphatic rings. The summed E-state index contributed by atoms with van der Waals surface area (Å²) < 4.78 is 13.9. The minimum Gasteiger partial charge on any atom is -0.409 e. The van der Waals surface area contributed by atoms with Crippen molar-refractivity contribution in [3.8, 4) is 0 Å². The van der Waals surface area contributed by atoms with E-state index in [9.17, 15) is 9.50 Å². The van der Waals surface area contributed by atoms with E-state index in [1.807, 2.05) is 0 Å². The largest absolute Gasteiger partial charge is 0.409 e. The molecule has 0 radical (unpaired) electrons. The van der Waals surface area contributed by atoms with Crippen molar-refractivity contribution in [1.82, 2.24) is 5.32 Å². The molecule has 21 heavy (non-hydrogen) atoms. The number of halogens is 1. The summed E-state index contributed by atoms with van der Waals surface area (Å²) in [4.78, 5) is 0. The standard InChI is InChI=1S/C15H22FN3O2/c16-14-7-11(15(17)19-21)4-5-12(14)9-18-8-10-2-1-3-13(20)6-10/h4-5,7,10,13,18,20-21H,1-3,6,8-9H2,(H2,17,19). The number of amidine groups is 1. The van der Waals surface area contributed by atoms with Crippen LogP contribution in [0.4, 0.5) is 4.39 Å². The van der Waals surface area contributed by atoms with Crippen LogP contribution in [0.25, 0.3) is 0 Å². The number of nitrogens with one attached hydrogen (secondary N) is 1. The molecule has 0 bridgehead atoms. The second-order valence-electron chi connectivity index (χ2n) is 5.61. The molecule has 1 fully saturated rings. The molecule has 0 aromatic heterocycles. The minimum atomic E-state index is -0.379. The van der Waals surface area contributed by atoms with Crippen molar-refractivity contribution >= 4 is 5.84 Å². The fraction of sp³-hybridized carbons (Fsp3) is 0.533. The zero-order chi connectivity index (χ0) is 15.2. The Kier molecular flexibility index (Phi) is 5.52. The van der Waals surface area contributed by atoms with E-state index in [1.165, 1.54) is 6.07 Å². The molecule has 116 valence electrons. The molecule has 0 amide bonds. The Morgan fingerprint density at radius 1 is 1.43 bits per heavy atom. The van der Waals surface area contributed by atoms with Gasteiger partial charge in [0.05, 0.1) is 6.10 Å². The van der Waals surface area contributed by atoms with E-state index in [0.29, 0.717) is 23.6 Å². The van der Waals surface area contributed by atoms with Crippen molar-refractivity contribution in [2.45, 2.75) is 38.3 Å². The lowest BCUT2D eigenvalue weighted by atomic mass is 9.87. The number of aliphatic hydroxyl groups is 1. The van der Waals surface area contributed by atoms with E-state index in [0.717, 1.165) is 32.2 Å². The quantitative estimate of drug-likeness (QED) is 0.287. The summed E-state index contributed by atoms with van der Waals surface area (Å²) in [6.45, 7) is 1.20. The number of nitrogens with two attached hydrogens (primary N) is 1. The van der Waals surface area contributed by atoms with Crippen LogP contribution in [0, 0.1) is 11.7 Å². The van der Waals surface area contributed by atoms with Gasteiger partial charge in [0.2, 0.25) is 0 Å². The number of benzene rings is 1. The van der Waals surface area contributed by atoms with Gasteiger partial charge in [0.15, 0.2) is 5.84 Å². The first kappa shape index (κ1) is 15.7. The summed E-state index contributed by atoms with van der Waals surface area (Å²) >= 11 is 0. The third kappa shape index (κ3) is 4.41. The number of rotatable bonds is 5. The molecule has 5 N–H and O–H groups in total. The zero-order valence-corrected chi connectivity index (χ0v) is 11.9.